The van der Waals surface area contributed by atoms with Crippen molar-refractivity contribution in [3.8, 4) is 0 Å². The predicted octanol–water partition coefficient (Wildman–Crippen LogP) is 3.04. The van der Waals surface area contributed by atoms with Gasteiger partial charge in [-0.15, -0.1) is 0 Å². The molecule has 2 amide bonds. The second kappa shape index (κ2) is 7.82. The molecule has 0 saturated carbocycles. The van der Waals surface area contributed by atoms with E-state index in [1.54, 1.807) is 36.4 Å². The maximum absolute atomic E-state index is 11.9. The Morgan fingerprint density at radius 2 is 1.59 bits per heavy atom. The summed E-state index contributed by atoms with van der Waals surface area (Å²) < 4.78 is 0. The van der Waals surface area contributed by atoms with Crippen molar-refractivity contribution in [2.75, 3.05) is 6.54 Å². The minimum atomic E-state index is -0.382. The van der Waals surface area contributed by atoms with E-state index in [0.29, 0.717) is 22.2 Å². The highest BCUT2D eigenvalue weighted by molar-refractivity contribution is 6.33. The third kappa shape index (κ3) is 4.76. The van der Waals surface area contributed by atoms with Crippen LogP contribution in [0.15, 0.2) is 48.5 Å². The Labute approximate surface area is 138 Å². The molecule has 2 N–H and O–H groups in total. The summed E-state index contributed by atoms with van der Waals surface area (Å²) in [7, 11) is 0. The molecule has 0 radical (unpaired) electrons. The van der Waals surface area contributed by atoms with E-state index in [2.05, 4.69) is 10.6 Å². The summed E-state index contributed by atoms with van der Waals surface area (Å²) in [6.07, 6.45) is 0. The number of benzene rings is 2. The Balaban J connectivity index is 1.79. The third-order valence-corrected chi connectivity index (χ3v) is 3.51. The quantitative estimate of drug-likeness (QED) is 0.881. The van der Waals surface area contributed by atoms with Crippen molar-refractivity contribution in [2.24, 2.45) is 0 Å². The molecule has 22 heavy (non-hydrogen) atoms. The van der Waals surface area contributed by atoms with Crippen molar-refractivity contribution in [3.05, 3.63) is 69.7 Å². The first kappa shape index (κ1) is 16.3. The molecule has 2 aromatic rings. The standard InChI is InChI=1S/C16H14Cl2N2O2/c17-12-7-5-11(6-8-12)9-19-15(21)10-20-16(22)13-3-1-2-4-14(13)18/h1-8H,9-10H2,(H,19,21)(H,20,22). The highest BCUT2D eigenvalue weighted by Gasteiger charge is 2.10. The maximum Gasteiger partial charge on any atom is 0.253 e. The number of nitrogens with one attached hydrogen (secondary N) is 2. The Morgan fingerprint density at radius 3 is 2.27 bits per heavy atom. The number of carbonyl (C=O) groups is 2. The van der Waals surface area contributed by atoms with Crippen molar-refractivity contribution in [1.82, 2.24) is 10.6 Å². The lowest BCUT2D eigenvalue weighted by Gasteiger charge is -2.08. The van der Waals surface area contributed by atoms with Crippen LogP contribution >= 0.6 is 23.2 Å². The van der Waals surface area contributed by atoms with Crippen LogP contribution in [0.2, 0.25) is 10.0 Å². The minimum Gasteiger partial charge on any atom is -0.350 e. The van der Waals surface area contributed by atoms with Gasteiger partial charge >= 0.3 is 0 Å². The zero-order valence-electron chi connectivity index (χ0n) is 11.6. The number of hydrogen-bond acceptors (Lipinski definition) is 2. The SMILES string of the molecule is O=C(CNC(=O)c1ccccc1Cl)NCc1ccc(Cl)cc1. The Bertz CT molecular complexity index is 672. The van der Waals surface area contributed by atoms with Gasteiger partial charge in [-0.1, -0.05) is 47.5 Å². The molecule has 2 aromatic carbocycles. The number of amides is 2. The van der Waals surface area contributed by atoms with Crippen LogP contribution in [0, 0.1) is 0 Å². The molecule has 2 rings (SSSR count). The van der Waals surface area contributed by atoms with Crippen LogP contribution in [0.1, 0.15) is 15.9 Å². The average molecular weight is 337 g/mol. The molecular weight excluding hydrogens is 323 g/mol. The molecule has 114 valence electrons. The fourth-order valence-electron chi connectivity index (χ4n) is 1.77. The van der Waals surface area contributed by atoms with Crippen molar-refractivity contribution in [3.63, 3.8) is 0 Å². The van der Waals surface area contributed by atoms with Gasteiger partial charge in [-0.2, -0.15) is 0 Å². The summed E-state index contributed by atoms with van der Waals surface area (Å²) in [6, 6.07) is 13.8. The molecular formula is C16H14Cl2N2O2. The largest absolute Gasteiger partial charge is 0.350 e. The summed E-state index contributed by atoms with van der Waals surface area (Å²) in [5.41, 5.74) is 1.27. The van der Waals surface area contributed by atoms with Crippen LogP contribution in [-0.4, -0.2) is 18.4 Å². The van der Waals surface area contributed by atoms with Crippen molar-refractivity contribution in [2.45, 2.75) is 6.54 Å². The van der Waals surface area contributed by atoms with Gasteiger partial charge in [0.15, 0.2) is 0 Å². The molecule has 4 nitrogen and oxygen atoms in total. The average Bonchev–Trinajstić information content (AvgIpc) is 2.52. The first-order valence-corrected chi connectivity index (χ1v) is 7.36. The molecule has 0 spiro atoms. The van der Waals surface area contributed by atoms with Gasteiger partial charge in [0, 0.05) is 11.6 Å². The number of rotatable bonds is 5. The van der Waals surface area contributed by atoms with E-state index in [1.165, 1.54) is 0 Å². The second-order valence-electron chi connectivity index (χ2n) is 4.57. The topological polar surface area (TPSA) is 58.2 Å². The highest BCUT2D eigenvalue weighted by Crippen LogP contribution is 2.14. The van der Waals surface area contributed by atoms with Gasteiger partial charge < -0.3 is 10.6 Å². The fraction of sp³-hybridized carbons (Fsp3) is 0.125. The summed E-state index contributed by atoms with van der Waals surface area (Å²) in [6.45, 7) is 0.260. The molecule has 0 aliphatic carbocycles. The van der Waals surface area contributed by atoms with Crippen LogP contribution in [0.4, 0.5) is 0 Å². The van der Waals surface area contributed by atoms with Gasteiger partial charge in [-0.3, -0.25) is 9.59 Å². The molecule has 0 atom stereocenters. The van der Waals surface area contributed by atoms with Crippen LogP contribution in [0.25, 0.3) is 0 Å². The molecule has 0 saturated heterocycles. The van der Waals surface area contributed by atoms with Gasteiger partial charge in [0.2, 0.25) is 5.91 Å². The second-order valence-corrected chi connectivity index (χ2v) is 5.41. The third-order valence-electron chi connectivity index (χ3n) is 2.93. The van der Waals surface area contributed by atoms with Crippen molar-refractivity contribution >= 4 is 35.0 Å². The van der Waals surface area contributed by atoms with E-state index < -0.39 is 0 Å². The maximum atomic E-state index is 11.9. The number of hydrogen-bond donors (Lipinski definition) is 2. The van der Waals surface area contributed by atoms with Crippen LogP contribution in [-0.2, 0) is 11.3 Å². The number of carbonyl (C=O) groups excluding carboxylic acids is 2. The fourth-order valence-corrected chi connectivity index (χ4v) is 2.11. The normalized spacial score (nSPS) is 10.1. The summed E-state index contributed by atoms with van der Waals surface area (Å²) in [5, 5.41) is 6.23. The number of halogens is 2. The van der Waals surface area contributed by atoms with E-state index in [4.69, 9.17) is 23.2 Å². The van der Waals surface area contributed by atoms with Crippen molar-refractivity contribution in [1.29, 1.82) is 0 Å². The molecule has 6 heteroatoms. The summed E-state index contributed by atoms with van der Waals surface area (Å²) in [5.74, 6) is -0.664. The molecule has 0 aliphatic rings. The molecule has 0 unspecified atom stereocenters. The van der Waals surface area contributed by atoms with E-state index in [1.807, 2.05) is 12.1 Å². The Morgan fingerprint density at radius 1 is 0.909 bits per heavy atom. The monoisotopic (exact) mass is 336 g/mol. The van der Waals surface area contributed by atoms with Crippen LogP contribution in [0.3, 0.4) is 0 Å². The molecule has 0 aliphatic heterocycles. The van der Waals surface area contributed by atoms with Gasteiger partial charge in [0.05, 0.1) is 17.1 Å². The van der Waals surface area contributed by atoms with Crippen LogP contribution < -0.4 is 10.6 Å². The van der Waals surface area contributed by atoms with Crippen LogP contribution in [0.5, 0.6) is 0 Å². The molecule has 0 fully saturated rings. The van der Waals surface area contributed by atoms with Gasteiger partial charge in [0.1, 0.15) is 0 Å². The first-order valence-electron chi connectivity index (χ1n) is 6.60. The lowest BCUT2D eigenvalue weighted by molar-refractivity contribution is -0.120. The lowest BCUT2D eigenvalue weighted by Crippen LogP contribution is -2.36. The highest BCUT2D eigenvalue weighted by atomic mass is 35.5. The zero-order chi connectivity index (χ0) is 15.9. The zero-order valence-corrected chi connectivity index (χ0v) is 13.1. The van der Waals surface area contributed by atoms with E-state index in [9.17, 15) is 9.59 Å². The summed E-state index contributed by atoms with van der Waals surface area (Å²) in [4.78, 5) is 23.6. The lowest BCUT2D eigenvalue weighted by atomic mass is 10.2. The first-order chi connectivity index (χ1) is 10.6. The minimum absolute atomic E-state index is 0.113. The van der Waals surface area contributed by atoms with E-state index >= 15 is 0 Å². The smallest absolute Gasteiger partial charge is 0.253 e. The summed E-state index contributed by atoms with van der Waals surface area (Å²) >= 11 is 11.7. The van der Waals surface area contributed by atoms with Gasteiger partial charge in [-0.25, -0.2) is 0 Å². The van der Waals surface area contributed by atoms with E-state index in [0.717, 1.165) is 5.56 Å². The Kier molecular flexibility index (Phi) is 5.81. The van der Waals surface area contributed by atoms with Gasteiger partial charge in [0.25, 0.3) is 5.91 Å². The van der Waals surface area contributed by atoms with E-state index in [-0.39, 0.29) is 18.4 Å². The van der Waals surface area contributed by atoms with Crippen molar-refractivity contribution < 1.29 is 9.59 Å². The molecule has 0 bridgehead atoms. The molecule has 0 heterocycles. The predicted molar refractivity (Wildman–Crippen MR) is 87.1 cm³/mol. The molecule has 0 aromatic heterocycles. The van der Waals surface area contributed by atoms with Gasteiger partial charge in [-0.05, 0) is 29.8 Å². The Hall–Kier alpha value is -2.04.